The van der Waals surface area contributed by atoms with Gasteiger partial charge >= 0.3 is 0 Å². The number of benzene rings is 1. The van der Waals surface area contributed by atoms with E-state index >= 15 is 0 Å². The van der Waals surface area contributed by atoms with Crippen LogP contribution >= 0.6 is 0 Å². The number of methoxy groups -OCH3 is 1. The van der Waals surface area contributed by atoms with Crippen LogP contribution in [0, 0.1) is 0 Å². The molecule has 3 rings (SSSR count). The van der Waals surface area contributed by atoms with Gasteiger partial charge in [-0.15, -0.1) is 0 Å². The Kier molecular flexibility index (Phi) is 5.05. The second-order valence-corrected chi connectivity index (χ2v) is 7.55. The van der Waals surface area contributed by atoms with E-state index in [1.807, 2.05) is 13.8 Å². The van der Waals surface area contributed by atoms with Crippen molar-refractivity contribution in [2.45, 2.75) is 31.2 Å². The molecule has 1 aromatic carbocycles. The fourth-order valence-corrected chi connectivity index (χ4v) is 3.42. The molecule has 0 atom stereocenters. The molecule has 0 aliphatic heterocycles. The summed E-state index contributed by atoms with van der Waals surface area (Å²) in [7, 11) is -2.45. The van der Waals surface area contributed by atoms with Crippen molar-refractivity contribution >= 4 is 10.0 Å². The molecule has 1 N–H and O–H groups in total. The summed E-state index contributed by atoms with van der Waals surface area (Å²) in [6.07, 6.45) is 3.33. The van der Waals surface area contributed by atoms with Gasteiger partial charge in [-0.05, 0) is 24.3 Å². The van der Waals surface area contributed by atoms with E-state index in [0.717, 1.165) is 0 Å². The predicted octanol–water partition coefficient (Wildman–Crippen LogP) is 1.87. The zero-order valence-electron chi connectivity index (χ0n) is 14.6. The van der Waals surface area contributed by atoms with Crippen molar-refractivity contribution < 1.29 is 17.7 Å². The van der Waals surface area contributed by atoms with Crippen LogP contribution in [-0.2, 0) is 16.6 Å². The minimum atomic E-state index is -3.86. The van der Waals surface area contributed by atoms with Crippen LogP contribution in [0.15, 0.2) is 46.1 Å². The third-order valence-electron chi connectivity index (χ3n) is 3.60. The summed E-state index contributed by atoms with van der Waals surface area (Å²) in [6, 6.07) is 6.54. The lowest BCUT2D eigenvalue weighted by Gasteiger charge is -2.12. The van der Waals surface area contributed by atoms with Gasteiger partial charge in [-0.1, -0.05) is 19.0 Å². The fraction of sp³-hybridized carbons (Fsp3) is 0.312. The van der Waals surface area contributed by atoms with Crippen molar-refractivity contribution in [1.82, 2.24) is 24.6 Å². The minimum absolute atomic E-state index is 0.000535. The van der Waals surface area contributed by atoms with Crippen molar-refractivity contribution in [2.75, 3.05) is 7.11 Å². The lowest BCUT2D eigenvalue weighted by molar-refractivity contribution is 0.360. The quantitative estimate of drug-likeness (QED) is 0.669. The van der Waals surface area contributed by atoms with Crippen molar-refractivity contribution in [2.24, 2.45) is 0 Å². The average Bonchev–Trinajstić information content (AvgIpc) is 3.31. The highest BCUT2D eigenvalue weighted by molar-refractivity contribution is 7.89. The predicted molar refractivity (Wildman–Crippen MR) is 92.5 cm³/mol. The maximum atomic E-state index is 12.7. The summed E-state index contributed by atoms with van der Waals surface area (Å²) in [4.78, 5) is 4.16. The first-order valence-corrected chi connectivity index (χ1v) is 9.39. The van der Waals surface area contributed by atoms with E-state index in [-0.39, 0.29) is 28.9 Å². The molecule has 0 aliphatic carbocycles. The molecule has 0 bridgehead atoms. The van der Waals surface area contributed by atoms with E-state index in [9.17, 15) is 8.42 Å². The molecule has 10 heteroatoms. The number of nitrogens with one attached hydrogen (secondary N) is 1. The summed E-state index contributed by atoms with van der Waals surface area (Å²) < 4.78 is 39.8. The molecule has 0 aliphatic rings. The molecule has 0 fully saturated rings. The Morgan fingerprint density at radius 1 is 1.35 bits per heavy atom. The normalized spacial score (nSPS) is 11.8. The molecule has 2 aromatic heterocycles. The van der Waals surface area contributed by atoms with Crippen LogP contribution in [-0.4, -0.2) is 35.4 Å². The summed E-state index contributed by atoms with van der Waals surface area (Å²) >= 11 is 0. The molecule has 0 amide bonds. The van der Waals surface area contributed by atoms with Crippen molar-refractivity contribution in [3.63, 3.8) is 0 Å². The van der Waals surface area contributed by atoms with Crippen LogP contribution < -0.4 is 9.46 Å². The number of ether oxygens (including phenoxy) is 1. The third-order valence-corrected chi connectivity index (χ3v) is 5.03. The standard InChI is InChI=1S/C16H19N5O4S/c1-11(2)16-19-15(20-25-16)10-18-26(22,23)14-9-12(5-6-13(14)24-3)21-8-4-7-17-21/h4-9,11,18H,10H2,1-3H3. The van der Waals surface area contributed by atoms with Crippen LogP contribution in [0.25, 0.3) is 5.69 Å². The minimum Gasteiger partial charge on any atom is -0.495 e. The molecule has 0 saturated heterocycles. The first kappa shape index (κ1) is 18.1. The van der Waals surface area contributed by atoms with Gasteiger partial charge in [0.15, 0.2) is 5.82 Å². The van der Waals surface area contributed by atoms with E-state index in [1.165, 1.54) is 13.2 Å². The molecule has 0 radical (unpaired) electrons. The van der Waals surface area contributed by atoms with Gasteiger partial charge in [0, 0.05) is 18.3 Å². The first-order chi connectivity index (χ1) is 12.4. The Labute approximate surface area is 151 Å². The molecule has 0 unspecified atom stereocenters. The van der Waals surface area contributed by atoms with Gasteiger partial charge in [-0.25, -0.2) is 17.8 Å². The van der Waals surface area contributed by atoms with Crippen LogP contribution in [0.5, 0.6) is 5.75 Å². The summed E-state index contributed by atoms with van der Waals surface area (Å²) in [6.45, 7) is 3.73. The Morgan fingerprint density at radius 2 is 2.15 bits per heavy atom. The highest BCUT2D eigenvalue weighted by Crippen LogP contribution is 2.26. The number of hydrogen-bond donors (Lipinski definition) is 1. The molecule has 0 spiro atoms. The van der Waals surface area contributed by atoms with E-state index in [4.69, 9.17) is 9.26 Å². The second kappa shape index (κ2) is 7.26. The molecular formula is C16H19N5O4S. The lowest BCUT2D eigenvalue weighted by Crippen LogP contribution is -2.24. The van der Waals surface area contributed by atoms with Gasteiger partial charge in [0.05, 0.1) is 19.3 Å². The number of hydrogen-bond acceptors (Lipinski definition) is 7. The van der Waals surface area contributed by atoms with Gasteiger partial charge in [0.1, 0.15) is 10.6 Å². The van der Waals surface area contributed by atoms with Crippen LogP contribution in [0.2, 0.25) is 0 Å². The Hall–Kier alpha value is -2.72. The van der Waals surface area contributed by atoms with Crippen LogP contribution in [0.4, 0.5) is 0 Å². The van der Waals surface area contributed by atoms with Gasteiger partial charge in [-0.3, -0.25) is 0 Å². The topological polar surface area (TPSA) is 112 Å². The fourth-order valence-electron chi connectivity index (χ4n) is 2.25. The molecule has 2 heterocycles. The Morgan fingerprint density at radius 3 is 2.77 bits per heavy atom. The van der Waals surface area contributed by atoms with E-state index in [0.29, 0.717) is 11.6 Å². The SMILES string of the molecule is COc1ccc(-n2cccn2)cc1S(=O)(=O)NCc1noc(C(C)C)n1. The third kappa shape index (κ3) is 3.75. The Balaban J connectivity index is 1.86. The van der Waals surface area contributed by atoms with Gasteiger partial charge in [0.25, 0.3) is 0 Å². The molecule has 9 nitrogen and oxygen atoms in total. The summed E-state index contributed by atoms with van der Waals surface area (Å²) in [5, 5.41) is 7.88. The van der Waals surface area contributed by atoms with Crippen LogP contribution in [0.3, 0.4) is 0 Å². The molecule has 26 heavy (non-hydrogen) atoms. The number of rotatable bonds is 7. The van der Waals surface area contributed by atoms with Gasteiger partial charge < -0.3 is 9.26 Å². The van der Waals surface area contributed by atoms with E-state index < -0.39 is 10.0 Å². The largest absolute Gasteiger partial charge is 0.495 e. The maximum Gasteiger partial charge on any atom is 0.244 e. The Bertz CT molecular complexity index is 980. The summed E-state index contributed by atoms with van der Waals surface area (Å²) in [5.41, 5.74) is 0.595. The van der Waals surface area contributed by atoms with Crippen molar-refractivity contribution in [3.8, 4) is 11.4 Å². The van der Waals surface area contributed by atoms with Crippen LogP contribution in [0.1, 0.15) is 31.5 Å². The van der Waals surface area contributed by atoms with E-state index in [1.54, 1.807) is 35.3 Å². The number of nitrogens with zero attached hydrogens (tertiary/aromatic N) is 4. The van der Waals surface area contributed by atoms with Gasteiger partial charge in [-0.2, -0.15) is 10.1 Å². The maximum absolute atomic E-state index is 12.7. The molecule has 3 aromatic rings. The molecule has 0 saturated carbocycles. The zero-order chi connectivity index (χ0) is 18.7. The summed E-state index contributed by atoms with van der Waals surface area (Å²) in [5.74, 6) is 1.01. The highest BCUT2D eigenvalue weighted by Gasteiger charge is 2.22. The smallest absolute Gasteiger partial charge is 0.244 e. The molecule has 138 valence electrons. The van der Waals surface area contributed by atoms with Crippen molar-refractivity contribution in [3.05, 3.63) is 48.4 Å². The average molecular weight is 377 g/mol. The first-order valence-electron chi connectivity index (χ1n) is 7.91. The lowest BCUT2D eigenvalue weighted by atomic mass is 10.2. The number of aromatic nitrogens is 4. The van der Waals surface area contributed by atoms with Gasteiger partial charge in [0.2, 0.25) is 15.9 Å². The number of sulfonamides is 1. The zero-order valence-corrected chi connectivity index (χ0v) is 15.4. The second-order valence-electron chi connectivity index (χ2n) is 5.81. The monoisotopic (exact) mass is 377 g/mol. The highest BCUT2D eigenvalue weighted by atomic mass is 32.2. The van der Waals surface area contributed by atoms with Crippen molar-refractivity contribution in [1.29, 1.82) is 0 Å². The molecular weight excluding hydrogens is 358 g/mol. The van der Waals surface area contributed by atoms with E-state index in [2.05, 4.69) is 20.0 Å².